The number of benzene rings is 2. The lowest BCUT2D eigenvalue weighted by Crippen LogP contribution is -2.82. The van der Waals surface area contributed by atoms with Crippen molar-refractivity contribution in [2.24, 2.45) is 5.41 Å². The molecule has 1 aliphatic carbocycles. The van der Waals surface area contributed by atoms with Gasteiger partial charge in [0.2, 0.25) is 0 Å². The maximum Gasteiger partial charge on any atom is 0.365 e. The monoisotopic (exact) mass is 421 g/mol. The molecule has 5 rings (SSSR count). The molecule has 0 saturated carbocycles. The molecule has 0 saturated heterocycles. The molecule has 1 aromatic heterocycles. The zero-order chi connectivity index (χ0) is 20.9. The SMILES string of the molecule is CC1(C)CC(=O)C2=C(C1)NC(Nc1nc3ccccc3o1)=[NH+][C@@H]2c1ccccc1Cl. The van der Waals surface area contributed by atoms with Crippen LogP contribution in [0.4, 0.5) is 6.01 Å². The highest BCUT2D eigenvalue weighted by atomic mass is 35.5. The fourth-order valence-corrected chi connectivity index (χ4v) is 4.47. The predicted molar refractivity (Wildman–Crippen MR) is 116 cm³/mol. The van der Waals surface area contributed by atoms with Crippen LogP contribution in [0.2, 0.25) is 5.02 Å². The summed E-state index contributed by atoms with van der Waals surface area (Å²) in [5, 5.41) is 7.17. The van der Waals surface area contributed by atoms with Crippen molar-refractivity contribution in [1.29, 1.82) is 0 Å². The number of oxazole rings is 1. The predicted octanol–water partition coefficient (Wildman–Crippen LogP) is 3.32. The lowest BCUT2D eigenvalue weighted by molar-refractivity contribution is -0.502. The summed E-state index contributed by atoms with van der Waals surface area (Å²) in [6.07, 6.45) is 1.26. The Labute approximate surface area is 179 Å². The van der Waals surface area contributed by atoms with Crippen LogP contribution in [-0.4, -0.2) is 16.7 Å². The maximum absolute atomic E-state index is 13.1. The Morgan fingerprint density at radius 3 is 2.73 bits per heavy atom. The van der Waals surface area contributed by atoms with Gasteiger partial charge in [0.25, 0.3) is 0 Å². The Morgan fingerprint density at radius 1 is 1.17 bits per heavy atom. The van der Waals surface area contributed by atoms with Crippen LogP contribution in [0, 0.1) is 5.41 Å². The first kappa shape index (κ1) is 18.9. The molecule has 3 aromatic rings. The van der Waals surface area contributed by atoms with Crippen molar-refractivity contribution >= 4 is 40.5 Å². The summed E-state index contributed by atoms with van der Waals surface area (Å²) in [7, 11) is 0. The number of para-hydroxylation sites is 2. The highest BCUT2D eigenvalue weighted by Gasteiger charge is 2.42. The van der Waals surface area contributed by atoms with Crippen molar-refractivity contribution < 1.29 is 14.2 Å². The molecule has 2 heterocycles. The van der Waals surface area contributed by atoms with Gasteiger partial charge in [0.1, 0.15) is 11.6 Å². The first-order chi connectivity index (χ1) is 14.4. The Morgan fingerprint density at radius 2 is 1.93 bits per heavy atom. The van der Waals surface area contributed by atoms with Gasteiger partial charge in [-0.2, -0.15) is 10.3 Å². The smallest absolute Gasteiger partial charge is 0.365 e. The van der Waals surface area contributed by atoms with Crippen LogP contribution in [0.15, 0.2) is 64.2 Å². The molecule has 3 N–H and O–H groups in total. The number of allylic oxidation sites excluding steroid dienone is 1. The molecular formula is C23H22ClN4O2+. The van der Waals surface area contributed by atoms with Crippen LogP contribution in [-0.2, 0) is 4.79 Å². The van der Waals surface area contributed by atoms with Gasteiger partial charge in [-0.1, -0.05) is 55.8 Å². The molecule has 0 amide bonds. The average molecular weight is 422 g/mol. The minimum absolute atomic E-state index is 0.117. The number of hydrogen-bond donors (Lipinski definition) is 3. The van der Waals surface area contributed by atoms with E-state index >= 15 is 0 Å². The number of hydrogen-bond acceptors (Lipinski definition) is 5. The second-order valence-corrected chi connectivity index (χ2v) is 8.95. The highest BCUT2D eigenvalue weighted by molar-refractivity contribution is 6.31. The van der Waals surface area contributed by atoms with Crippen molar-refractivity contribution in [2.75, 3.05) is 5.32 Å². The summed E-state index contributed by atoms with van der Waals surface area (Å²) in [4.78, 5) is 21.0. The van der Waals surface area contributed by atoms with Gasteiger partial charge in [-0.25, -0.2) is 5.32 Å². The summed E-state index contributed by atoms with van der Waals surface area (Å²) in [5.41, 5.74) is 3.86. The third-order valence-electron chi connectivity index (χ3n) is 5.52. The summed E-state index contributed by atoms with van der Waals surface area (Å²) in [6, 6.07) is 15.2. The molecule has 0 spiro atoms. The number of rotatable bonds is 2. The standard InChI is InChI=1S/C23H21ClN4O2/c1-23(2)11-16-19(17(29)12-23)20(13-7-3-4-8-14(13)24)27-21(25-16)28-22-26-15-9-5-6-10-18(15)30-22/h3-10,20H,11-12H2,1-2H3,(H2,25,26,27,28)/p+1/t20-/m1/s1. The minimum Gasteiger partial charge on any atom is -0.412 e. The van der Waals surface area contributed by atoms with Crippen LogP contribution in [0.3, 0.4) is 0 Å². The van der Waals surface area contributed by atoms with Gasteiger partial charge in [-0.3, -0.25) is 9.79 Å². The van der Waals surface area contributed by atoms with Crippen LogP contribution in [0.5, 0.6) is 0 Å². The third-order valence-corrected chi connectivity index (χ3v) is 5.86. The molecule has 2 aromatic carbocycles. The number of Topliss-reactive ketones (excluding diaryl/α,β-unsaturated/α-hetero) is 1. The van der Waals surface area contributed by atoms with E-state index in [2.05, 4.69) is 34.5 Å². The van der Waals surface area contributed by atoms with Crippen LogP contribution < -0.4 is 15.6 Å². The summed E-state index contributed by atoms with van der Waals surface area (Å²) in [6.45, 7) is 4.22. The number of carbonyl (C=O) groups excluding carboxylic acids is 1. The van der Waals surface area contributed by atoms with E-state index < -0.39 is 0 Å². The van der Waals surface area contributed by atoms with E-state index in [0.29, 0.717) is 29.0 Å². The molecule has 0 unspecified atom stereocenters. The number of halogens is 1. The Bertz CT molecular complexity index is 1190. The average Bonchev–Trinajstić information content (AvgIpc) is 3.08. The minimum atomic E-state index is -0.356. The number of nitrogens with one attached hydrogen (secondary N) is 3. The van der Waals surface area contributed by atoms with Crippen LogP contribution in [0.25, 0.3) is 11.1 Å². The van der Waals surface area contributed by atoms with Gasteiger partial charge in [0.05, 0.1) is 11.3 Å². The molecule has 30 heavy (non-hydrogen) atoms. The first-order valence-electron chi connectivity index (χ1n) is 9.93. The number of aromatic nitrogens is 1. The van der Waals surface area contributed by atoms with Crippen LogP contribution >= 0.6 is 11.6 Å². The zero-order valence-electron chi connectivity index (χ0n) is 16.8. The van der Waals surface area contributed by atoms with E-state index in [4.69, 9.17) is 16.0 Å². The molecule has 152 valence electrons. The van der Waals surface area contributed by atoms with Gasteiger partial charge in [-0.15, -0.1) is 0 Å². The van der Waals surface area contributed by atoms with Gasteiger partial charge < -0.3 is 4.42 Å². The van der Waals surface area contributed by atoms with Gasteiger partial charge in [0, 0.05) is 23.4 Å². The fraction of sp³-hybridized carbons (Fsp3) is 0.261. The van der Waals surface area contributed by atoms with E-state index in [1.165, 1.54) is 0 Å². The summed E-state index contributed by atoms with van der Waals surface area (Å²) < 4.78 is 5.80. The molecule has 6 nitrogen and oxygen atoms in total. The number of anilines is 1. The second kappa shape index (κ2) is 6.99. The molecular weight excluding hydrogens is 400 g/mol. The Balaban J connectivity index is 1.56. The third kappa shape index (κ3) is 3.37. The summed E-state index contributed by atoms with van der Waals surface area (Å²) >= 11 is 6.50. The number of ketones is 1. The summed E-state index contributed by atoms with van der Waals surface area (Å²) in [5.74, 6) is 0.739. The number of carbonyl (C=O) groups is 1. The van der Waals surface area contributed by atoms with E-state index in [0.717, 1.165) is 28.8 Å². The van der Waals surface area contributed by atoms with Gasteiger partial charge >= 0.3 is 12.0 Å². The van der Waals surface area contributed by atoms with Crippen molar-refractivity contribution in [3.05, 3.63) is 70.4 Å². The lowest BCUT2D eigenvalue weighted by atomic mass is 9.73. The molecule has 2 aliphatic rings. The molecule has 0 bridgehead atoms. The molecule has 0 fully saturated rings. The number of nitrogens with zero attached hydrogens (tertiary/aromatic N) is 1. The second-order valence-electron chi connectivity index (χ2n) is 8.54. The van der Waals surface area contributed by atoms with Gasteiger partial charge in [-0.05, 0) is 23.6 Å². The van der Waals surface area contributed by atoms with Crippen molar-refractivity contribution in [1.82, 2.24) is 10.3 Å². The van der Waals surface area contributed by atoms with Crippen molar-refractivity contribution in [3.8, 4) is 0 Å². The zero-order valence-corrected chi connectivity index (χ0v) is 17.5. The quantitative estimate of drug-likeness (QED) is 0.591. The van der Waals surface area contributed by atoms with E-state index in [-0.39, 0.29) is 17.2 Å². The van der Waals surface area contributed by atoms with E-state index in [9.17, 15) is 4.79 Å². The maximum atomic E-state index is 13.1. The van der Waals surface area contributed by atoms with Crippen molar-refractivity contribution in [3.63, 3.8) is 0 Å². The van der Waals surface area contributed by atoms with E-state index in [1.54, 1.807) is 0 Å². The number of fused-ring (bicyclic) bond motifs is 1. The topological polar surface area (TPSA) is 81.1 Å². The lowest BCUT2D eigenvalue weighted by Gasteiger charge is -2.34. The molecule has 1 aliphatic heterocycles. The van der Waals surface area contributed by atoms with Crippen LogP contribution in [0.1, 0.15) is 38.3 Å². The van der Waals surface area contributed by atoms with E-state index in [1.807, 2.05) is 48.5 Å². The normalized spacial score (nSPS) is 20.6. The molecule has 0 radical (unpaired) electrons. The van der Waals surface area contributed by atoms with Crippen molar-refractivity contribution in [2.45, 2.75) is 32.7 Å². The van der Waals surface area contributed by atoms with Gasteiger partial charge in [0.15, 0.2) is 11.4 Å². The first-order valence-corrected chi connectivity index (χ1v) is 10.3. The fourth-order valence-electron chi connectivity index (χ4n) is 4.23. The largest absolute Gasteiger partial charge is 0.412 e. The molecule has 1 atom stereocenters. The number of guanidine groups is 1. The Kier molecular flexibility index (Phi) is 4.40. The highest BCUT2D eigenvalue weighted by Crippen LogP contribution is 2.40. The Hall–Kier alpha value is -3.12. The molecule has 7 heteroatoms.